The smallest absolute Gasteiger partial charge is 0.341 e. The molecule has 1 aromatic rings. The van der Waals surface area contributed by atoms with E-state index < -0.39 is 21.9 Å². The molecular weight excluding hydrogens is 298 g/mol. The van der Waals surface area contributed by atoms with Crippen molar-refractivity contribution in [2.45, 2.75) is 6.42 Å². The molecule has 21 heavy (non-hydrogen) atoms. The Morgan fingerprint density at radius 1 is 1.57 bits per heavy atom. The number of sulfonamides is 1. The van der Waals surface area contributed by atoms with Crippen molar-refractivity contribution in [3.63, 3.8) is 0 Å². The van der Waals surface area contributed by atoms with Gasteiger partial charge >= 0.3 is 5.97 Å². The lowest BCUT2D eigenvalue weighted by Crippen LogP contribution is -2.28. The van der Waals surface area contributed by atoms with Crippen LogP contribution in [0.5, 0.6) is 0 Å². The van der Waals surface area contributed by atoms with Gasteiger partial charge in [0, 0.05) is 31.3 Å². The zero-order valence-corrected chi connectivity index (χ0v) is 12.2. The Hall–Kier alpha value is -2.00. The lowest BCUT2D eigenvalue weighted by atomic mass is 10.1. The standard InChI is InChI=1S/C12H15N3O5S/c1-20-12(17)9-5-14-3-2-10(9)15-6-8(4-11(15)16)7-21(13,18)19/h2-3,5,8H,4,6-7H2,1H3,(H2,13,18,19). The van der Waals surface area contributed by atoms with E-state index in [9.17, 15) is 18.0 Å². The van der Waals surface area contributed by atoms with E-state index in [0.29, 0.717) is 5.69 Å². The Bertz CT molecular complexity index is 673. The van der Waals surface area contributed by atoms with Crippen molar-refractivity contribution < 1.29 is 22.7 Å². The number of nitrogens with two attached hydrogens (primary N) is 1. The molecule has 8 nitrogen and oxygen atoms in total. The molecule has 0 spiro atoms. The van der Waals surface area contributed by atoms with Crippen LogP contribution in [0, 0.1) is 5.92 Å². The zero-order valence-electron chi connectivity index (χ0n) is 11.4. The van der Waals surface area contributed by atoms with Crippen molar-refractivity contribution in [1.29, 1.82) is 0 Å². The van der Waals surface area contributed by atoms with Crippen LogP contribution in [0.4, 0.5) is 5.69 Å². The maximum Gasteiger partial charge on any atom is 0.341 e. The first-order valence-corrected chi connectivity index (χ1v) is 7.86. The molecule has 114 valence electrons. The molecule has 9 heteroatoms. The number of methoxy groups -OCH3 is 1. The molecule has 1 aliphatic heterocycles. The third-order valence-electron chi connectivity index (χ3n) is 3.17. The number of primary sulfonamides is 1. The van der Waals surface area contributed by atoms with Crippen LogP contribution < -0.4 is 10.0 Å². The molecule has 1 amide bonds. The second kappa shape index (κ2) is 5.78. The highest BCUT2D eigenvalue weighted by Gasteiger charge is 2.34. The average Bonchev–Trinajstić information content (AvgIpc) is 2.76. The number of hydrogen-bond acceptors (Lipinski definition) is 6. The number of amides is 1. The van der Waals surface area contributed by atoms with Gasteiger partial charge in [0.05, 0.1) is 18.6 Å². The van der Waals surface area contributed by atoms with E-state index in [2.05, 4.69) is 9.72 Å². The van der Waals surface area contributed by atoms with E-state index in [1.807, 2.05) is 0 Å². The number of hydrogen-bond donors (Lipinski definition) is 1. The molecule has 0 radical (unpaired) electrons. The number of carbonyl (C=O) groups excluding carboxylic acids is 2. The van der Waals surface area contributed by atoms with Crippen LogP contribution >= 0.6 is 0 Å². The average molecular weight is 313 g/mol. The summed E-state index contributed by atoms with van der Waals surface area (Å²) >= 11 is 0. The molecule has 0 aliphatic carbocycles. The summed E-state index contributed by atoms with van der Waals surface area (Å²) in [6.45, 7) is 0.184. The van der Waals surface area contributed by atoms with Gasteiger partial charge in [-0.05, 0) is 6.07 Å². The van der Waals surface area contributed by atoms with Crippen molar-refractivity contribution in [3.05, 3.63) is 24.0 Å². The summed E-state index contributed by atoms with van der Waals surface area (Å²) < 4.78 is 26.9. The zero-order chi connectivity index (χ0) is 15.6. The maximum absolute atomic E-state index is 12.1. The minimum Gasteiger partial charge on any atom is -0.465 e. The highest BCUT2D eigenvalue weighted by Crippen LogP contribution is 2.28. The van der Waals surface area contributed by atoms with Gasteiger partial charge in [-0.1, -0.05) is 0 Å². The summed E-state index contributed by atoms with van der Waals surface area (Å²) in [6.07, 6.45) is 2.82. The lowest BCUT2D eigenvalue weighted by molar-refractivity contribution is -0.117. The SMILES string of the molecule is COC(=O)c1cnccc1N1CC(CS(N)(=O)=O)CC1=O. The third kappa shape index (κ3) is 3.56. The van der Waals surface area contributed by atoms with Gasteiger partial charge in [0.25, 0.3) is 0 Å². The third-order valence-corrected chi connectivity index (χ3v) is 4.10. The van der Waals surface area contributed by atoms with E-state index in [0.717, 1.165) is 0 Å². The summed E-state index contributed by atoms with van der Waals surface area (Å²) in [5.41, 5.74) is 0.517. The molecule has 1 aliphatic rings. The Morgan fingerprint density at radius 3 is 2.90 bits per heavy atom. The molecule has 1 saturated heterocycles. The molecule has 0 aromatic carbocycles. The summed E-state index contributed by atoms with van der Waals surface area (Å²) in [7, 11) is -2.42. The van der Waals surface area contributed by atoms with Crippen molar-refractivity contribution in [3.8, 4) is 0 Å². The lowest BCUT2D eigenvalue weighted by Gasteiger charge is -2.19. The Kier molecular flexibility index (Phi) is 4.24. The number of pyridine rings is 1. The molecule has 1 fully saturated rings. The highest BCUT2D eigenvalue weighted by molar-refractivity contribution is 7.89. The van der Waals surface area contributed by atoms with Crippen molar-refractivity contribution in [1.82, 2.24) is 4.98 Å². The summed E-state index contributed by atoms with van der Waals surface area (Å²) in [5, 5.41) is 5.00. The Labute approximate surface area is 121 Å². The van der Waals surface area contributed by atoms with E-state index >= 15 is 0 Å². The minimum atomic E-state index is -3.65. The molecule has 2 rings (SSSR count). The number of nitrogens with zero attached hydrogens (tertiary/aromatic N) is 2. The van der Waals surface area contributed by atoms with Gasteiger partial charge in [0.2, 0.25) is 15.9 Å². The van der Waals surface area contributed by atoms with E-state index in [-0.39, 0.29) is 30.2 Å². The molecule has 2 N–H and O–H groups in total. The fourth-order valence-electron chi connectivity index (χ4n) is 2.34. The molecule has 1 unspecified atom stereocenters. The van der Waals surface area contributed by atoms with Gasteiger partial charge in [0.15, 0.2) is 0 Å². The normalized spacial score (nSPS) is 18.9. The Balaban J connectivity index is 2.27. The van der Waals surface area contributed by atoms with Crippen molar-refractivity contribution in [2.75, 3.05) is 24.3 Å². The van der Waals surface area contributed by atoms with Crippen LogP contribution in [0.1, 0.15) is 16.8 Å². The first kappa shape index (κ1) is 15.4. The minimum absolute atomic E-state index is 0.0688. The first-order chi connectivity index (χ1) is 9.81. The van der Waals surface area contributed by atoms with Gasteiger partial charge in [-0.2, -0.15) is 0 Å². The molecule has 2 heterocycles. The van der Waals surface area contributed by atoms with E-state index in [4.69, 9.17) is 5.14 Å². The van der Waals surface area contributed by atoms with E-state index in [1.54, 1.807) is 0 Å². The number of carbonyl (C=O) groups is 2. The number of esters is 1. The van der Waals surface area contributed by atoms with Crippen molar-refractivity contribution in [2.24, 2.45) is 11.1 Å². The van der Waals surface area contributed by atoms with Crippen LogP contribution in [0.3, 0.4) is 0 Å². The topological polar surface area (TPSA) is 120 Å². The van der Waals surface area contributed by atoms with Crippen LogP contribution in [0.2, 0.25) is 0 Å². The van der Waals surface area contributed by atoms with Gasteiger partial charge < -0.3 is 9.64 Å². The summed E-state index contributed by atoms with van der Waals surface area (Å²) in [6, 6.07) is 1.52. The summed E-state index contributed by atoms with van der Waals surface area (Å²) in [4.78, 5) is 28.9. The fourth-order valence-corrected chi connectivity index (χ4v) is 3.22. The fraction of sp³-hybridized carbons (Fsp3) is 0.417. The molecule has 1 atom stereocenters. The van der Waals surface area contributed by atoms with Crippen LogP contribution in [0.15, 0.2) is 18.5 Å². The van der Waals surface area contributed by atoms with Crippen LogP contribution in [-0.2, 0) is 19.6 Å². The molecule has 1 aromatic heterocycles. The second-order valence-electron chi connectivity index (χ2n) is 4.79. The molecular formula is C12H15N3O5S. The quantitative estimate of drug-likeness (QED) is 0.749. The maximum atomic E-state index is 12.1. The molecule has 0 bridgehead atoms. The predicted molar refractivity (Wildman–Crippen MR) is 74.0 cm³/mol. The number of anilines is 1. The highest BCUT2D eigenvalue weighted by atomic mass is 32.2. The monoisotopic (exact) mass is 313 g/mol. The van der Waals surface area contributed by atoms with Crippen LogP contribution in [-0.4, -0.2) is 44.7 Å². The van der Waals surface area contributed by atoms with E-state index in [1.165, 1.54) is 30.5 Å². The van der Waals surface area contributed by atoms with Crippen molar-refractivity contribution >= 4 is 27.6 Å². The first-order valence-electron chi connectivity index (χ1n) is 6.15. The number of rotatable bonds is 4. The second-order valence-corrected chi connectivity index (χ2v) is 6.45. The summed E-state index contributed by atoms with van der Waals surface area (Å²) in [5.74, 6) is -1.54. The van der Waals surface area contributed by atoms with Crippen LogP contribution in [0.25, 0.3) is 0 Å². The predicted octanol–water partition coefficient (Wildman–Crippen LogP) is -0.490. The van der Waals surface area contributed by atoms with Gasteiger partial charge in [-0.3, -0.25) is 9.78 Å². The molecule has 0 saturated carbocycles. The number of aromatic nitrogens is 1. The largest absolute Gasteiger partial charge is 0.465 e. The van der Waals surface area contributed by atoms with Gasteiger partial charge in [0.1, 0.15) is 5.56 Å². The Morgan fingerprint density at radius 2 is 2.29 bits per heavy atom. The van der Waals surface area contributed by atoms with Gasteiger partial charge in [-0.15, -0.1) is 0 Å². The number of ether oxygens (including phenoxy) is 1. The van der Waals surface area contributed by atoms with Gasteiger partial charge in [-0.25, -0.2) is 18.4 Å².